The fourth-order valence-corrected chi connectivity index (χ4v) is 3.80. The Balaban J connectivity index is 1.43. The summed E-state index contributed by atoms with van der Waals surface area (Å²) >= 11 is 17.6. The van der Waals surface area contributed by atoms with Crippen LogP contribution in [0.1, 0.15) is 37.5 Å². The highest BCUT2D eigenvalue weighted by Crippen LogP contribution is 2.27. The maximum atomic E-state index is 12.7. The zero-order valence-corrected chi connectivity index (χ0v) is 20.8. The number of halogens is 3. The van der Waals surface area contributed by atoms with Gasteiger partial charge < -0.3 is 18.9 Å². The van der Waals surface area contributed by atoms with Crippen molar-refractivity contribution in [2.45, 2.75) is 24.9 Å². The van der Waals surface area contributed by atoms with E-state index in [1.165, 1.54) is 36.4 Å². The zero-order valence-electron chi connectivity index (χ0n) is 18.6. The van der Waals surface area contributed by atoms with Gasteiger partial charge in [0.05, 0.1) is 23.1 Å². The van der Waals surface area contributed by atoms with Crippen molar-refractivity contribution >= 4 is 52.7 Å². The van der Waals surface area contributed by atoms with Crippen LogP contribution in [0, 0.1) is 0 Å². The fraction of sp³-hybridized carbons (Fsp3) is 0.192. The first-order chi connectivity index (χ1) is 17.3. The summed E-state index contributed by atoms with van der Waals surface area (Å²) in [6.07, 6.45) is -2.72. The molecule has 0 saturated carbocycles. The average molecular weight is 550 g/mol. The van der Waals surface area contributed by atoms with Gasteiger partial charge >= 0.3 is 17.9 Å². The maximum Gasteiger partial charge on any atom is 0.340 e. The normalized spacial score (nSPS) is 18.9. The monoisotopic (exact) mass is 548 g/mol. The lowest BCUT2D eigenvalue weighted by Crippen LogP contribution is -2.32. The van der Waals surface area contributed by atoms with Crippen molar-refractivity contribution in [1.82, 2.24) is 0 Å². The molecule has 1 fully saturated rings. The number of hydrogen-bond donors (Lipinski definition) is 0. The maximum absolute atomic E-state index is 12.7. The lowest BCUT2D eigenvalue weighted by atomic mass is 10.1. The van der Waals surface area contributed by atoms with Gasteiger partial charge in [-0.3, -0.25) is 0 Å². The molecule has 3 aromatic rings. The minimum absolute atomic E-state index is 0.0435. The first kappa shape index (κ1) is 26.0. The van der Waals surface area contributed by atoms with Crippen molar-refractivity contribution in [2.75, 3.05) is 6.61 Å². The van der Waals surface area contributed by atoms with Gasteiger partial charge in [-0.2, -0.15) is 0 Å². The molecule has 0 spiro atoms. The molecule has 3 atom stereocenters. The molecule has 0 aliphatic carbocycles. The van der Waals surface area contributed by atoms with E-state index in [2.05, 4.69) is 0 Å². The van der Waals surface area contributed by atoms with Crippen LogP contribution in [0.4, 0.5) is 0 Å². The van der Waals surface area contributed by atoms with Crippen LogP contribution in [0.3, 0.4) is 0 Å². The molecule has 0 radical (unpaired) electrons. The summed E-state index contributed by atoms with van der Waals surface area (Å²) in [5, 5.41) is 1.42. The van der Waals surface area contributed by atoms with Gasteiger partial charge in [-0.1, -0.05) is 34.8 Å². The van der Waals surface area contributed by atoms with E-state index in [0.717, 1.165) is 0 Å². The van der Waals surface area contributed by atoms with E-state index >= 15 is 0 Å². The van der Waals surface area contributed by atoms with Crippen LogP contribution in [0.2, 0.25) is 15.1 Å². The smallest absolute Gasteiger partial charge is 0.340 e. The zero-order chi connectivity index (χ0) is 25.7. The molecule has 3 aromatic carbocycles. The second kappa shape index (κ2) is 11.8. The third-order valence-corrected chi connectivity index (χ3v) is 6.04. The van der Waals surface area contributed by atoms with Gasteiger partial charge in [-0.15, -0.1) is 0 Å². The fourth-order valence-electron chi connectivity index (χ4n) is 3.42. The molecule has 1 aliphatic heterocycles. The minimum atomic E-state index is -1.03. The van der Waals surface area contributed by atoms with Crippen molar-refractivity contribution in [2.24, 2.45) is 0 Å². The van der Waals surface area contributed by atoms with E-state index in [4.69, 9.17) is 53.8 Å². The molecular weight excluding hydrogens is 531 g/mol. The van der Waals surface area contributed by atoms with Gasteiger partial charge in [0, 0.05) is 15.1 Å². The Morgan fingerprint density at radius 3 is 1.56 bits per heavy atom. The Morgan fingerprint density at radius 2 is 1.08 bits per heavy atom. The number of benzene rings is 3. The molecule has 1 saturated heterocycles. The number of carbonyl (C=O) groups excluding carboxylic acids is 3. The highest BCUT2D eigenvalue weighted by atomic mass is 35.5. The molecule has 0 N–H and O–H groups in total. The molecule has 10 heteroatoms. The van der Waals surface area contributed by atoms with E-state index in [9.17, 15) is 14.4 Å². The van der Waals surface area contributed by atoms with Crippen LogP contribution < -0.4 is 0 Å². The van der Waals surface area contributed by atoms with E-state index in [-0.39, 0.29) is 29.7 Å². The summed E-state index contributed by atoms with van der Waals surface area (Å²) in [5.41, 5.74) is 0.839. The van der Waals surface area contributed by atoms with E-state index in [1.807, 2.05) is 0 Å². The van der Waals surface area contributed by atoms with E-state index in [1.54, 1.807) is 36.4 Å². The molecule has 1 heterocycles. The summed E-state index contributed by atoms with van der Waals surface area (Å²) < 4.78 is 22.2. The average Bonchev–Trinajstić information content (AvgIpc) is 3.24. The van der Waals surface area contributed by atoms with Crippen LogP contribution >= 0.6 is 34.8 Å². The summed E-state index contributed by atoms with van der Waals surface area (Å²) in [4.78, 5) is 37.6. The minimum Gasteiger partial charge on any atom is -0.459 e. The van der Waals surface area contributed by atoms with Gasteiger partial charge in [0.1, 0.15) is 18.8 Å². The van der Waals surface area contributed by atoms with Crippen molar-refractivity contribution in [1.29, 1.82) is 0 Å². The Hall–Kier alpha value is -3.10. The first-order valence-electron chi connectivity index (χ1n) is 10.8. The van der Waals surface area contributed by atoms with Gasteiger partial charge in [0.15, 0.2) is 0 Å². The number of ether oxygens (including phenoxy) is 4. The highest BCUT2D eigenvalue weighted by molar-refractivity contribution is 6.31. The quantitative estimate of drug-likeness (QED) is 0.264. The standard InChI is InChI=1S/C26H19Cl3O7/c27-18-7-1-15(2-8-18)24(30)33-14-22-21(35-25(31)16-3-9-19(28)10-4-16)13-23(34-22)36-26(32)17-5-11-20(29)12-6-17/h1-12,21-23H,13-14H2/t21-,22+,23?/m0/s1. The molecule has 0 aromatic heterocycles. The van der Waals surface area contributed by atoms with Crippen LogP contribution in [-0.4, -0.2) is 43.0 Å². The number of carbonyl (C=O) groups is 3. The number of esters is 3. The summed E-state index contributed by atoms with van der Waals surface area (Å²) in [6.45, 7) is -0.241. The largest absolute Gasteiger partial charge is 0.459 e. The Morgan fingerprint density at radius 1 is 0.667 bits per heavy atom. The first-order valence-corrected chi connectivity index (χ1v) is 11.9. The molecule has 4 rings (SSSR count). The molecule has 7 nitrogen and oxygen atoms in total. The predicted molar refractivity (Wildman–Crippen MR) is 133 cm³/mol. The molecule has 36 heavy (non-hydrogen) atoms. The van der Waals surface area contributed by atoms with Gasteiger partial charge in [0.25, 0.3) is 0 Å². The molecule has 1 aliphatic rings. The molecule has 0 bridgehead atoms. The van der Waals surface area contributed by atoms with Crippen LogP contribution in [0.15, 0.2) is 72.8 Å². The lowest BCUT2D eigenvalue weighted by molar-refractivity contribution is -0.117. The summed E-state index contributed by atoms with van der Waals surface area (Å²) in [6, 6.07) is 18.5. The second-order valence-corrected chi connectivity index (χ2v) is 9.12. The van der Waals surface area contributed by atoms with Crippen molar-refractivity contribution in [3.05, 3.63) is 105 Å². The second-order valence-electron chi connectivity index (χ2n) is 7.81. The van der Waals surface area contributed by atoms with E-state index in [0.29, 0.717) is 15.1 Å². The van der Waals surface area contributed by atoms with Gasteiger partial charge in [-0.25, -0.2) is 14.4 Å². The predicted octanol–water partition coefficient (Wildman–Crippen LogP) is 6.00. The van der Waals surface area contributed by atoms with Crippen LogP contribution in [0.25, 0.3) is 0 Å². The molecule has 1 unspecified atom stereocenters. The number of hydrogen-bond acceptors (Lipinski definition) is 7. The summed E-state index contributed by atoms with van der Waals surface area (Å²) in [5.74, 6) is -1.88. The molecule has 186 valence electrons. The highest BCUT2D eigenvalue weighted by Gasteiger charge is 2.41. The van der Waals surface area contributed by atoms with Crippen molar-refractivity contribution in [3.8, 4) is 0 Å². The topological polar surface area (TPSA) is 88.1 Å². The summed E-state index contributed by atoms with van der Waals surface area (Å²) in [7, 11) is 0. The van der Waals surface area contributed by atoms with E-state index < -0.39 is 36.4 Å². The third-order valence-electron chi connectivity index (χ3n) is 5.28. The van der Waals surface area contributed by atoms with Crippen LogP contribution in [-0.2, 0) is 18.9 Å². The molecule has 0 amide bonds. The van der Waals surface area contributed by atoms with Gasteiger partial charge in [-0.05, 0) is 72.8 Å². The van der Waals surface area contributed by atoms with Gasteiger partial charge in [0.2, 0.25) is 6.29 Å². The van der Waals surface area contributed by atoms with Crippen LogP contribution in [0.5, 0.6) is 0 Å². The lowest BCUT2D eigenvalue weighted by Gasteiger charge is -2.18. The Labute approximate surface area is 221 Å². The Kier molecular flexibility index (Phi) is 8.48. The van der Waals surface area contributed by atoms with Crippen molar-refractivity contribution < 1.29 is 33.3 Å². The van der Waals surface area contributed by atoms with Crippen molar-refractivity contribution in [3.63, 3.8) is 0 Å². The Bertz CT molecular complexity index is 1230. The number of rotatable bonds is 7. The third kappa shape index (κ3) is 6.77. The molecular formula is C26H19Cl3O7. The SMILES string of the molecule is O=C(OC[C@H]1OC(OC(=O)c2ccc(Cl)cc2)C[C@@H]1OC(=O)c1ccc(Cl)cc1)c1ccc(Cl)cc1.